The fraction of sp³-hybridized carbons (Fsp3) is 0.136. The molecule has 0 spiro atoms. The third kappa shape index (κ3) is 4.56. The minimum atomic E-state index is -0.258. The highest BCUT2D eigenvalue weighted by molar-refractivity contribution is 6.32. The van der Waals surface area contributed by atoms with Gasteiger partial charge >= 0.3 is 0 Å². The molecule has 5 nitrogen and oxygen atoms in total. The molecule has 0 aliphatic carbocycles. The van der Waals surface area contributed by atoms with Crippen LogP contribution in [0.2, 0.25) is 5.02 Å². The van der Waals surface area contributed by atoms with Gasteiger partial charge in [-0.2, -0.15) is 0 Å². The molecule has 0 atom stereocenters. The monoisotopic (exact) mass is 397 g/mol. The number of ether oxygens (including phenoxy) is 3. The summed E-state index contributed by atoms with van der Waals surface area (Å²) in [6, 6.07) is 19.6. The van der Waals surface area contributed by atoms with E-state index in [4.69, 9.17) is 25.8 Å². The van der Waals surface area contributed by atoms with Crippen molar-refractivity contribution in [1.29, 1.82) is 0 Å². The number of benzene rings is 3. The van der Waals surface area contributed by atoms with Crippen LogP contribution >= 0.6 is 11.6 Å². The molecule has 3 rings (SSSR count). The van der Waals surface area contributed by atoms with Crippen LogP contribution in [0.25, 0.3) is 0 Å². The number of para-hydroxylation sites is 3. The van der Waals surface area contributed by atoms with Gasteiger partial charge in [0.2, 0.25) is 0 Å². The topological polar surface area (TPSA) is 56.8 Å². The summed E-state index contributed by atoms with van der Waals surface area (Å²) >= 11 is 6.13. The van der Waals surface area contributed by atoms with E-state index in [2.05, 4.69) is 5.32 Å². The van der Waals surface area contributed by atoms with Crippen molar-refractivity contribution in [2.75, 3.05) is 19.5 Å². The summed E-state index contributed by atoms with van der Waals surface area (Å²) < 4.78 is 16.5. The molecule has 0 saturated heterocycles. The van der Waals surface area contributed by atoms with Gasteiger partial charge in [-0.1, -0.05) is 35.9 Å². The van der Waals surface area contributed by atoms with Gasteiger partial charge in [0.15, 0.2) is 0 Å². The zero-order valence-corrected chi connectivity index (χ0v) is 16.3. The molecule has 0 unspecified atom stereocenters. The number of methoxy groups -OCH3 is 2. The van der Waals surface area contributed by atoms with Crippen LogP contribution in [0.5, 0.6) is 17.2 Å². The van der Waals surface area contributed by atoms with E-state index < -0.39 is 0 Å². The van der Waals surface area contributed by atoms with E-state index in [1.165, 1.54) is 0 Å². The van der Waals surface area contributed by atoms with Crippen LogP contribution in [0.3, 0.4) is 0 Å². The number of carbonyl (C=O) groups excluding carboxylic acids is 1. The van der Waals surface area contributed by atoms with Crippen LogP contribution < -0.4 is 19.5 Å². The molecule has 0 fully saturated rings. The first-order chi connectivity index (χ1) is 13.6. The molecular formula is C22H20ClNO4. The van der Waals surface area contributed by atoms with E-state index in [1.807, 2.05) is 24.3 Å². The maximum Gasteiger partial charge on any atom is 0.255 e. The summed E-state index contributed by atoms with van der Waals surface area (Å²) in [6.07, 6.45) is 0. The van der Waals surface area contributed by atoms with Crippen LogP contribution in [0, 0.1) is 0 Å². The lowest BCUT2D eigenvalue weighted by atomic mass is 10.1. The van der Waals surface area contributed by atoms with Gasteiger partial charge in [-0.15, -0.1) is 0 Å². The highest BCUT2D eigenvalue weighted by Gasteiger charge is 2.13. The van der Waals surface area contributed by atoms with Gasteiger partial charge in [-0.3, -0.25) is 4.79 Å². The van der Waals surface area contributed by atoms with Crippen molar-refractivity contribution in [2.45, 2.75) is 6.61 Å². The summed E-state index contributed by atoms with van der Waals surface area (Å²) in [7, 11) is 3.13. The van der Waals surface area contributed by atoms with Gasteiger partial charge in [0.1, 0.15) is 23.9 Å². The Hall–Kier alpha value is -3.18. The van der Waals surface area contributed by atoms with Gasteiger partial charge in [0.25, 0.3) is 5.91 Å². The van der Waals surface area contributed by atoms with Crippen molar-refractivity contribution in [2.24, 2.45) is 0 Å². The highest BCUT2D eigenvalue weighted by atomic mass is 35.5. The van der Waals surface area contributed by atoms with Gasteiger partial charge in [-0.05, 0) is 42.5 Å². The maximum atomic E-state index is 12.7. The summed E-state index contributed by atoms with van der Waals surface area (Å²) in [5, 5.41) is 3.38. The zero-order chi connectivity index (χ0) is 19.9. The van der Waals surface area contributed by atoms with Gasteiger partial charge in [0.05, 0.1) is 24.9 Å². The third-order valence-electron chi connectivity index (χ3n) is 4.12. The van der Waals surface area contributed by atoms with Crippen LogP contribution in [0.1, 0.15) is 15.9 Å². The van der Waals surface area contributed by atoms with E-state index in [1.54, 1.807) is 56.7 Å². The average molecular weight is 398 g/mol. The van der Waals surface area contributed by atoms with Gasteiger partial charge < -0.3 is 19.5 Å². The van der Waals surface area contributed by atoms with Crippen molar-refractivity contribution in [3.63, 3.8) is 0 Å². The minimum Gasteiger partial charge on any atom is -0.496 e. The van der Waals surface area contributed by atoms with Crippen molar-refractivity contribution in [3.05, 3.63) is 82.9 Å². The quantitative estimate of drug-likeness (QED) is 0.596. The molecule has 0 aliphatic rings. The fourth-order valence-corrected chi connectivity index (χ4v) is 2.88. The molecule has 1 amide bonds. The third-order valence-corrected chi connectivity index (χ3v) is 4.43. The first-order valence-electron chi connectivity index (χ1n) is 8.61. The average Bonchev–Trinajstić information content (AvgIpc) is 2.73. The number of hydrogen-bond acceptors (Lipinski definition) is 4. The van der Waals surface area contributed by atoms with Gasteiger partial charge in [0, 0.05) is 11.1 Å². The van der Waals surface area contributed by atoms with E-state index in [0.29, 0.717) is 33.5 Å². The maximum absolute atomic E-state index is 12.7. The summed E-state index contributed by atoms with van der Waals surface area (Å²) in [5.41, 5.74) is 1.80. The molecule has 0 saturated carbocycles. The minimum absolute atomic E-state index is 0.211. The number of anilines is 1. The Morgan fingerprint density at radius 1 is 0.893 bits per heavy atom. The Bertz CT molecular complexity index is 974. The Balaban J connectivity index is 1.80. The first kappa shape index (κ1) is 19.6. The predicted molar refractivity (Wildman–Crippen MR) is 110 cm³/mol. The molecule has 0 radical (unpaired) electrons. The Morgan fingerprint density at radius 3 is 2.29 bits per heavy atom. The number of carbonyl (C=O) groups is 1. The van der Waals surface area contributed by atoms with Crippen molar-refractivity contribution in [1.82, 2.24) is 0 Å². The molecule has 3 aromatic rings. The van der Waals surface area contributed by atoms with E-state index >= 15 is 0 Å². The lowest BCUT2D eigenvalue weighted by molar-refractivity contribution is 0.102. The Labute approximate surface area is 168 Å². The van der Waals surface area contributed by atoms with E-state index in [-0.39, 0.29) is 12.5 Å². The van der Waals surface area contributed by atoms with Crippen LogP contribution in [-0.2, 0) is 6.61 Å². The second kappa shape index (κ2) is 9.15. The van der Waals surface area contributed by atoms with Gasteiger partial charge in [-0.25, -0.2) is 0 Å². The van der Waals surface area contributed by atoms with Crippen molar-refractivity contribution >= 4 is 23.2 Å². The lowest BCUT2D eigenvalue weighted by Gasteiger charge is -2.14. The molecule has 1 N–H and O–H groups in total. The first-order valence-corrected chi connectivity index (χ1v) is 8.98. The van der Waals surface area contributed by atoms with E-state index in [0.717, 1.165) is 5.56 Å². The van der Waals surface area contributed by atoms with Crippen molar-refractivity contribution in [3.8, 4) is 17.2 Å². The second-order valence-electron chi connectivity index (χ2n) is 5.90. The highest BCUT2D eigenvalue weighted by Crippen LogP contribution is 2.28. The molecule has 3 aromatic carbocycles. The number of rotatable bonds is 7. The number of hydrogen-bond donors (Lipinski definition) is 1. The smallest absolute Gasteiger partial charge is 0.255 e. The van der Waals surface area contributed by atoms with Crippen LogP contribution in [0.15, 0.2) is 66.7 Å². The second-order valence-corrected chi connectivity index (χ2v) is 6.31. The fourth-order valence-electron chi connectivity index (χ4n) is 2.69. The van der Waals surface area contributed by atoms with Crippen LogP contribution in [-0.4, -0.2) is 20.1 Å². The molecule has 144 valence electrons. The zero-order valence-electron chi connectivity index (χ0n) is 15.6. The molecule has 6 heteroatoms. The number of amides is 1. The van der Waals surface area contributed by atoms with Crippen LogP contribution in [0.4, 0.5) is 5.69 Å². The molecule has 0 bridgehead atoms. The normalized spacial score (nSPS) is 10.2. The molecular weight excluding hydrogens is 378 g/mol. The summed E-state index contributed by atoms with van der Waals surface area (Å²) in [6.45, 7) is 0.211. The molecule has 0 aliphatic heterocycles. The van der Waals surface area contributed by atoms with Crippen molar-refractivity contribution < 1.29 is 19.0 Å². The summed E-state index contributed by atoms with van der Waals surface area (Å²) in [5.74, 6) is 1.52. The number of halogens is 1. The Kier molecular flexibility index (Phi) is 6.40. The SMILES string of the molecule is COc1ccc(C(=O)Nc2ccccc2OC)cc1COc1ccccc1Cl. The summed E-state index contributed by atoms with van der Waals surface area (Å²) in [4.78, 5) is 12.7. The predicted octanol–water partition coefficient (Wildman–Crippen LogP) is 5.19. The molecule has 28 heavy (non-hydrogen) atoms. The number of nitrogens with one attached hydrogen (secondary N) is 1. The largest absolute Gasteiger partial charge is 0.496 e. The molecule has 0 heterocycles. The standard InChI is InChI=1S/C22H20ClNO4/c1-26-19-12-11-15(22(25)24-18-8-4-6-10-21(18)27-2)13-16(19)14-28-20-9-5-3-7-17(20)23/h3-13H,14H2,1-2H3,(H,24,25). The molecule has 0 aromatic heterocycles. The Morgan fingerprint density at radius 2 is 1.57 bits per heavy atom. The lowest BCUT2D eigenvalue weighted by Crippen LogP contribution is -2.13. The van der Waals surface area contributed by atoms with E-state index in [9.17, 15) is 4.79 Å².